The zero-order valence-electron chi connectivity index (χ0n) is 14.2. The Balaban J connectivity index is 2.04. The summed E-state index contributed by atoms with van der Waals surface area (Å²) in [6, 6.07) is 6.07. The fraction of sp³-hybridized carbons (Fsp3) is 0.353. The van der Waals surface area contributed by atoms with Gasteiger partial charge in [0.2, 0.25) is 5.91 Å². The van der Waals surface area contributed by atoms with Crippen molar-refractivity contribution >= 4 is 23.3 Å². The summed E-state index contributed by atoms with van der Waals surface area (Å²) in [5.74, 6) is 0.155. The van der Waals surface area contributed by atoms with Crippen LogP contribution in [0.15, 0.2) is 41.1 Å². The Morgan fingerprint density at radius 2 is 1.96 bits per heavy atom. The van der Waals surface area contributed by atoms with E-state index in [1.54, 1.807) is 30.5 Å². The van der Waals surface area contributed by atoms with Crippen molar-refractivity contribution in [3.63, 3.8) is 0 Å². The van der Waals surface area contributed by atoms with Crippen LogP contribution < -0.4 is 15.5 Å². The Kier molecular flexibility index (Phi) is 5.57. The molecule has 0 aliphatic carbocycles. The minimum absolute atomic E-state index is 0.0853. The first-order chi connectivity index (χ1) is 11.4. The quantitative estimate of drug-likeness (QED) is 0.847. The van der Waals surface area contributed by atoms with Gasteiger partial charge in [-0.05, 0) is 30.2 Å². The first-order valence-corrected chi connectivity index (χ1v) is 7.67. The summed E-state index contributed by atoms with van der Waals surface area (Å²) in [7, 11) is 3.78. The molecule has 2 amide bonds. The molecule has 0 radical (unpaired) electrons. The maximum absolute atomic E-state index is 12.5. The molecule has 0 aliphatic rings. The van der Waals surface area contributed by atoms with Crippen molar-refractivity contribution in [2.75, 3.05) is 24.3 Å². The van der Waals surface area contributed by atoms with Crippen LogP contribution in [0.25, 0.3) is 0 Å². The third-order valence-electron chi connectivity index (χ3n) is 3.45. The molecule has 0 spiro atoms. The van der Waals surface area contributed by atoms with Crippen LogP contribution in [0.3, 0.4) is 0 Å². The van der Waals surface area contributed by atoms with Crippen LogP contribution in [0.2, 0.25) is 0 Å². The molecule has 7 heteroatoms. The summed E-state index contributed by atoms with van der Waals surface area (Å²) in [5, 5.41) is 5.47. The molecule has 7 nitrogen and oxygen atoms in total. The number of amides is 2. The number of rotatable bonds is 6. The number of hydrogen-bond donors (Lipinski definition) is 2. The first-order valence-electron chi connectivity index (χ1n) is 7.67. The number of pyridine rings is 1. The number of furan rings is 1. The van der Waals surface area contributed by atoms with E-state index in [4.69, 9.17) is 4.42 Å². The second-order valence-corrected chi connectivity index (χ2v) is 5.96. The highest BCUT2D eigenvalue weighted by Crippen LogP contribution is 2.13. The van der Waals surface area contributed by atoms with Crippen LogP contribution >= 0.6 is 0 Å². The maximum Gasteiger partial charge on any atom is 0.287 e. The van der Waals surface area contributed by atoms with E-state index in [2.05, 4.69) is 15.6 Å². The smallest absolute Gasteiger partial charge is 0.287 e. The van der Waals surface area contributed by atoms with Gasteiger partial charge in [-0.25, -0.2) is 4.98 Å². The Morgan fingerprint density at radius 3 is 2.46 bits per heavy atom. The van der Waals surface area contributed by atoms with Crippen molar-refractivity contribution in [3.8, 4) is 0 Å². The molecule has 0 bridgehead atoms. The molecule has 2 rings (SSSR count). The highest BCUT2D eigenvalue weighted by Gasteiger charge is 2.25. The third-order valence-corrected chi connectivity index (χ3v) is 3.45. The van der Waals surface area contributed by atoms with Crippen molar-refractivity contribution < 1.29 is 14.0 Å². The van der Waals surface area contributed by atoms with Crippen LogP contribution in [-0.2, 0) is 4.79 Å². The van der Waals surface area contributed by atoms with E-state index in [1.807, 2.05) is 32.8 Å². The third kappa shape index (κ3) is 4.34. The van der Waals surface area contributed by atoms with Crippen molar-refractivity contribution in [1.82, 2.24) is 10.3 Å². The highest BCUT2D eigenvalue weighted by molar-refractivity contribution is 6.00. The number of hydrogen-bond acceptors (Lipinski definition) is 5. The molecule has 2 heterocycles. The van der Waals surface area contributed by atoms with Crippen molar-refractivity contribution in [3.05, 3.63) is 42.5 Å². The first kappa shape index (κ1) is 17.5. The molecule has 128 valence electrons. The molecule has 2 aromatic rings. The minimum atomic E-state index is -0.684. The summed E-state index contributed by atoms with van der Waals surface area (Å²) in [4.78, 5) is 30.7. The number of nitrogens with zero attached hydrogens (tertiary/aromatic N) is 2. The van der Waals surface area contributed by atoms with Gasteiger partial charge in [-0.3, -0.25) is 9.59 Å². The molecule has 0 saturated carbocycles. The fourth-order valence-corrected chi connectivity index (χ4v) is 2.10. The van der Waals surface area contributed by atoms with Gasteiger partial charge in [-0.1, -0.05) is 13.8 Å². The molecule has 0 unspecified atom stereocenters. The lowest BCUT2D eigenvalue weighted by atomic mass is 10.0. The van der Waals surface area contributed by atoms with Crippen LogP contribution in [0, 0.1) is 5.92 Å². The molecule has 0 fully saturated rings. The summed E-state index contributed by atoms with van der Waals surface area (Å²) >= 11 is 0. The molecule has 24 heavy (non-hydrogen) atoms. The summed E-state index contributed by atoms with van der Waals surface area (Å²) in [5.41, 5.74) is 0.573. The van der Waals surface area contributed by atoms with Crippen LogP contribution in [0.5, 0.6) is 0 Å². The van der Waals surface area contributed by atoms with E-state index in [0.29, 0.717) is 5.69 Å². The number of anilines is 2. The Morgan fingerprint density at radius 1 is 1.21 bits per heavy atom. The highest BCUT2D eigenvalue weighted by atomic mass is 16.3. The van der Waals surface area contributed by atoms with Crippen LogP contribution in [0.4, 0.5) is 11.5 Å². The van der Waals surface area contributed by atoms with Crippen LogP contribution in [0.1, 0.15) is 24.4 Å². The average molecular weight is 330 g/mol. The van der Waals surface area contributed by atoms with E-state index >= 15 is 0 Å². The molecule has 2 N–H and O–H groups in total. The number of aromatic nitrogens is 1. The zero-order valence-corrected chi connectivity index (χ0v) is 14.2. The van der Waals surface area contributed by atoms with Crippen molar-refractivity contribution in [1.29, 1.82) is 0 Å². The monoisotopic (exact) mass is 330 g/mol. The zero-order chi connectivity index (χ0) is 17.7. The van der Waals surface area contributed by atoms with Gasteiger partial charge in [0.25, 0.3) is 5.91 Å². The minimum Gasteiger partial charge on any atom is -0.459 e. The molecular formula is C17H22N4O3. The van der Waals surface area contributed by atoms with Crippen molar-refractivity contribution in [2.24, 2.45) is 5.92 Å². The lowest BCUT2D eigenvalue weighted by Crippen LogP contribution is -2.47. The predicted octanol–water partition coefficient (Wildman–Crippen LogP) is 2.13. The standard InChI is InChI=1S/C17H22N4O3/c1-11(2)15(20-16(22)13-6-5-9-24-13)17(23)19-12-7-8-14(18-10-12)21(3)4/h5-11,15H,1-4H3,(H,19,23)(H,20,22)/t15-/m0/s1. The van der Waals surface area contributed by atoms with Gasteiger partial charge in [0.15, 0.2) is 5.76 Å². The number of carbonyl (C=O) groups excluding carboxylic acids is 2. The maximum atomic E-state index is 12.5. The summed E-state index contributed by atoms with van der Waals surface area (Å²) in [6.07, 6.45) is 3.00. The largest absolute Gasteiger partial charge is 0.459 e. The Bertz CT molecular complexity index is 678. The van der Waals surface area contributed by atoms with E-state index < -0.39 is 11.9 Å². The normalized spacial score (nSPS) is 11.9. The van der Waals surface area contributed by atoms with Gasteiger partial charge in [0, 0.05) is 14.1 Å². The van der Waals surface area contributed by atoms with Gasteiger partial charge in [-0.2, -0.15) is 0 Å². The predicted molar refractivity (Wildman–Crippen MR) is 92.0 cm³/mol. The molecule has 2 aromatic heterocycles. The molecular weight excluding hydrogens is 308 g/mol. The topological polar surface area (TPSA) is 87.5 Å². The average Bonchev–Trinajstić information content (AvgIpc) is 3.07. The SMILES string of the molecule is CC(C)[C@H](NC(=O)c1ccco1)C(=O)Nc1ccc(N(C)C)nc1. The molecule has 0 aliphatic heterocycles. The lowest BCUT2D eigenvalue weighted by Gasteiger charge is -2.21. The lowest BCUT2D eigenvalue weighted by molar-refractivity contribution is -0.118. The van der Waals surface area contributed by atoms with Gasteiger partial charge in [-0.15, -0.1) is 0 Å². The van der Waals surface area contributed by atoms with Crippen LogP contribution in [-0.4, -0.2) is 36.9 Å². The number of carbonyl (C=O) groups is 2. The summed E-state index contributed by atoms with van der Waals surface area (Å²) in [6.45, 7) is 3.72. The Labute approximate surface area is 141 Å². The van der Waals surface area contributed by atoms with E-state index in [1.165, 1.54) is 6.26 Å². The van der Waals surface area contributed by atoms with Crippen molar-refractivity contribution in [2.45, 2.75) is 19.9 Å². The van der Waals surface area contributed by atoms with E-state index in [0.717, 1.165) is 5.82 Å². The second kappa shape index (κ2) is 7.63. The molecule has 0 saturated heterocycles. The second-order valence-electron chi connectivity index (χ2n) is 5.96. The molecule has 0 aromatic carbocycles. The summed E-state index contributed by atoms with van der Waals surface area (Å²) < 4.78 is 5.05. The molecule has 1 atom stereocenters. The van der Waals surface area contributed by atoms with Gasteiger partial charge in [0.05, 0.1) is 18.1 Å². The van der Waals surface area contributed by atoms with Gasteiger partial charge < -0.3 is 20.0 Å². The van der Waals surface area contributed by atoms with E-state index in [9.17, 15) is 9.59 Å². The van der Waals surface area contributed by atoms with Gasteiger partial charge in [0.1, 0.15) is 11.9 Å². The van der Waals surface area contributed by atoms with E-state index in [-0.39, 0.29) is 17.6 Å². The van der Waals surface area contributed by atoms with Gasteiger partial charge >= 0.3 is 0 Å². The fourth-order valence-electron chi connectivity index (χ4n) is 2.10. The Hall–Kier alpha value is -2.83. The number of nitrogens with one attached hydrogen (secondary N) is 2.